The van der Waals surface area contributed by atoms with Crippen LogP contribution in [0.2, 0.25) is 5.02 Å². The maximum atomic E-state index is 13.3. The number of carbonyl (C=O) groups is 1. The number of amides is 1. The van der Waals surface area contributed by atoms with Gasteiger partial charge in [-0.1, -0.05) is 66.2 Å². The molecule has 3 N–H and O–H groups in total. The predicted molar refractivity (Wildman–Crippen MR) is 140 cm³/mol. The highest BCUT2D eigenvalue weighted by molar-refractivity contribution is 6.31. The van der Waals surface area contributed by atoms with Gasteiger partial charge < -0.3 is 11.1 Å². The maximum absolute atomic E-state index is 13.3. The number of benzene rings is 3. The van der Waals surface area contributed by atoms with Crippen molar-refractivity contribution in [1.82, 2.24) is 20.0 Å². The van der Waals surface area contributed by atoms with E-state index < -0.39 is 0 Å². The van der Waals surface area contributed by atoms with Crippen LogP contribution in [0.5, 0.6) is 0 Å². The van der Waals surface area contributed by atoms with Gasteiger partial charge in [0, 0.05) is 55.4 Å². The standard InChI is InChI=1S/C28H30ClN5O/c1-19-9-10-20(15-25(19)29)17-33-13-11-26-24(18-33)27(32-34(26)14-12-30)28(35)31-16-22-7-4-6-21-5-2-3-8-23(21)22/h2-10,15H,11-14,16-18,30H2,1H3,(H,31,35). The van der Waals surface area contributed by atoms with E-state index in [1.165, 1.54) is 5.56 Å². The lowest BCUT2D eigenvalue weighted by atomic mass is 10.0. The molecule has 1 amide bonds. The first-order chi connectivity index (χ1) is 17.0. The largest absolute Gasteiger partial charge is 0.347 e. The zero-order chi connectivity index (χ0) is 24.4. The summed E-state index contributed by atoms with van der Waals surface area (Å²) >= 11 is 6.34. The van der Waals surface area contributed by atoms with Crippen LogP contribution in [-0.4, -0.2) is 33.7 Å². The van der Waals surface area contributed by atoms with Gasteiger partial charge in [0.1, 0.15) is 0 Å². The van der Waals surface area contributed by atoms with Crippen LogP contribution in [0.3, 0.4) is 0 Å². The van der Waals surface area contributed by atoms with Crippen molar-refractivity contribution >= 4 is 28.3 Å². The Morgan fingerprint density at radius 1 is 1.14 bits per heavy atom. The van der Waals surface area contributed by atoms with Gasteiger partial charge in [0.25, 0.3) is 5.91 Å². The quantitative estimate of drug-likeness (QED) is 0.404. The third kappa shape index (κ3) is 4.96. The van der Waals surface area contributed by atoms with Crippen LogP contribution >= 0.6 is 11.6 Å². The van der Waals surface area contributed by atoms with Crippen LogP contribution in [0.4, 0.5) is 0 Å². The van der Waals surface area contributed by atoms with Gasteiger partial charge in [0.15, 0.2) is 5.69 Å². The molecular weight excluding hydrogens is 458 g/mol. The van der Waals surface area contributed by atoms with E-state index in [4.69, 9.17) is 22.4 Å². The van der Waals surface area contributed by atoms with E-state index in [1.54, 1.807) is 0 Å². The van der Waals surface area contributed by atoms with Crippen LogP contribution in [0, 0.1) is 6.92 Å². The van der Waals surface area contributed by atoms with E-state index in [1.807, 2.05) is 35.9 Å². The number of nitrogens with two attached hydrogens (primary N) is 1. The molecule has 0 atom stereocenters. The van der Waals surface area contributed by atoms with E-state index >= 15 is 0 Å². The van der Waals surface area contributed by atoms with Gasteiger partial charge in [-0.15, -0.1) is 0 Å². The first-order valence-corrected chi connectivity index (χ1v) is 12.4. The summed E-state index contributed by atoms with van der Waals surface area (Å²) in [5.74, 6) is -0.148. The van der Waals surface area contributed by atoms with Gasteiger partial charge in [-0.3, -0.25) is 14.4 Å². The number of nitrogens with one attached hydrogen (secondary N) is 1. The van der Waals surface area contributed by atoms with Crippen LogP contribution in [0.15, 0.2) is 60.7 Å². The summed E-state index contributed by atoms with van der Waals surface area (Å²) in [6, 6.07) is 20.6. The Hall–Kier alpha value is -3.19. The molecule has 35 heavy (non-hydrogen) atoms. The minimum Gasteiger partial charge on any atom is -0.347 e. The summed E-state index contributed by atoms with van der Waals surface area (Å²) < 4.78 is 1.92. The molecule has 0 bridgehead atoms. The van der Waals surface area contributed by atoms with Crippen molar-refractivity contribution in [3.05, 3.63) is 99.3 Å². The molecule has 0 fully saturated rings. The van der Waals surface area contributed by atoms with Crippen molar-refractivity contribution in [1.29, 1.82) is 0 Å². The van der Waals surface area contributed by atoms with Crippen molar-refractivity contribution in [2.75, 3.05) is 13.1 Å². The molecule has 180 valence electrons. The summed E-state index contributed by atoms with van der Waals surface area (Å²) in [5.41, 5.74) is 11.8. The number of carbonyl (C=O) groups excluding carboxylic acids is 1. The highest BCUT2D eigenvalue weighted by Gasteiger charge is 2.28. The lowest BCUT2D eigenvalue weighted by Gasteiger charge is -2.28. The molecular formula is C28H30ClN5O. The normalized spacial score (nSPS) is 13.7. The molecule has 1 aliphatic heterocycles. The van der Waals surface area contributed by atoms with E-state index in [-0.39, 0.29) is 5.91 Å². The molecule has 3 aromatic carbocycles. The number of hydrogen-bond donors (Lipinski definition) is 2. The maximum Gasteiger partial charge on any atom is 0.272 e. The van der Waals surface area contributed by atoms with E-state index in [0.29, 0.717) is 31.9 Å². The number of nitrogens with zero attached hydrogens (tertiary/aromatic N) is 3. The Morgan fingerprint density at radius 2 is 1.97 bits per heavy atom. The summed E-state index contributed by atoms with van der Waals surface area (Å²) in [7, 11) is 0. The number of aryl methyl sites for hydroxylation is 1. The summed E-state index contributed by atoms with van der Waals surface area (Å²) in [6.07, 6.45) is 0.832. The number of aromatic nitrogens is 2. The minimum atomic E-state index is -0.148. The van der Waals surface area contributed by atoms with Gasteiger partial charge in [-0.25, -0.2) is 0 Å². The van der Waals surface area contributed by atoms with Gasteiger partial charge in [0.05, 0.1) is 6.54 Å². The first kappa shape index (κ1) is 23.5. The average molecular weight is 488 g/mol. The Balaban J connectivity index is 1.36. The molecule has 0 saturated carbocycles. The Bertz CT molecular complexity index is 1370. The molecule has 6 nitrogen and oxygen atoms in total. The molecule has 0 radical (unpaired) electrons. The second-order valence-electron chi connectivity index (χ2n) is 9.15. The second kappa shape index (κ2) is 10.2. The monoisotopic (exact) mass is 487 g/mol. The highest BCUT2D eigenvalue weighted by Crippen LogP contribution is 2.26. The van der Waals surface area contributed by atoms with Crippen molar-refractivity contribution in [2.24, 2.45) is 5.73 Å². The Morgan fingerprint density at radius 3 is 2.80 bits per heavy atom. The molecule has 2 heterocycles. The lowest BCUT2D eigenvalue weighted by molar-refractivity contribution is 0.0943. The van der Waals surface area contributed by atoms with Crippen molar-refractivity contribution in [3.8, 4) is 0 Å². The van der Waals surface area contributed by atoms with Gasteiger partial charge in [-0.05, 0) is 40.5 Å². The van der Waals surface area contributed by atoms with Crippen LogP contribution < -0.4 is 11.1 Å². The molecule has 1 aliphatic rings. The van der Waals surface area contributed by atoms with Gasteiger partial charge >= 0.3 is 0 Å². The SMILES string of the molecule is Cc1ccc(CN2CCc3c(c(C(=O)NCc4cccc5ccccc45)nn3CCN)C2)cc1Cl. The van der Waals surface area contributed by atoms with E-state index in [2.05, 4.69) is 46.6 Å². The zero-order valence-electron chi connectivity index (χ0n) is 19.9. The molecule has 7 heteroatoms. The topological polar surface area (TPSA) is 76.2 Å². The fourth-order valence-corrected chi connectivity index (χ4v) is 5.07. The third-order valence-electron chi connectivity index (χ3n) is 6.73. The number of fused-ring (bicyclic) bond motifs is 2. The van der Waals surface area contributed by atoms with Crippen molar-refractivity contribution < 1.29 is 4.79 Å². The average Bonchev–Trinajstić information content (AvgIpc) is 3.23. The van der Waals surface area contributed by atoms with E-state index in [0.717, 1.165) is 57.7 Å². The fraction of sp³-hybridized carbons (Fsp3) is 0.286. The van der Waals surface area contributed by atoms with E-state index in [9.17, 15) is 4.79 Å². The molecule has 5 rings (SSSR count). The molecule has 1 aromatic heterocycles. The highest BCUT2D eigenvalue weighted by atomic mass is 35.5. The fourth-order valence-electron chi connectivity index (χ4n) is 4.87. The minimum absolute atomic E-state index is 0.148. The van der Waals surface area contributed by atoms with Crippen LogP contribution in [0.1, 0.15) is 38.4 Å². The number of halogens is 1. The Labute approximate surface area is 210 Å². The van der Waals surface area contributed by atoms with Crippen molar-refractivity contribution in [2.45, 2.75) is 39.5 Å². The molecule has 0 spiro atoms. The second-order valence-corrected chi connectivity index (χ2v) is 9.56. The summed E-state index contributed by atoms with van der Waals surface area (Å²) in [6.45, 7) is 5.88. The van der Waals surface area contributed by atoms with Gasteiger partial charge in [0.2, 0.25) is 0 Å². The molecule has 0 unspecified atom stereocenters. The summed E-state index contributed by atoms with van der Waals surface area (Å²) in [5, 5.41) is 10.9. The molecule has 0 aliphatic carbocycles. The molecule has 4 aromatic rings. The van der Waals surface area contributed by atoms with Crippen LogP contribution in [-0.2, 0) is 32.6 Å². The summed E-state index contributed by atoms with van der Waals surface area (Å²) in [4.78, 5) is 15.7. The smallest absolute Gasteiger partial charge is 0.272 e. The first-order valence-electron chi connectivity index (χ1n) is 12.0. The van der Waals surface area contributed by atoms with Gasteiger partial charge in [-0.2, -0.15) is 5.10 Å². The van der Waals surface area contributed by atoms with Crippen molar-refractivity contribution in [3.63, 3.8) is 0 Å². The van der Waals surface area contributed by atoms with Crippen LogP contribution in [0.25, 0.3) is 10.8 Å². The number of hydrogen-bond acceptors (Lipinski definition) is 4. The zero-order valence-corrected chi connectivity index (χ0v) is 20.7. The lowest BCUT2D eigenvalue weighted by Crippen LogP contribution is -2.32. The number of rotatable bonds is 7. The molecule has 0 saturated heterocycles. The Kier molecular flexibility index (Phi) is 6.86. The third-order valence-corrected chi connectivity index (χ3v) is 7.14. The predicted octanol–water partition coefficient (Wildman–Crippen LogP) is 4.45.